The first-order chi connectivity index (χ1) is 8.13. The van der Waals surface area contributed by atoms with E-state index in [1.165, 1.54) is 18.4 Å². The monoisotopic (exact) mass is 236 g/mol. The molecule has 0 aliphatic rings. The number of halogens is 1. The molecule has 5 nitrogen and oxygen atoms in total. The van der Waals surface area contributed by atoms with Crippen molar-refractivity contribution in [2.75, 3.05) is 5.32 Å². The zero-order valence-corrected chi connectivity index (χ0v) is 8.68. The Balaban J connectivity index is 2.08. The van der Waals surface area contributed by atoms with Crippen molar-refractivity contribution in [1.29, 1.82) is 0 Å². The molecule has 17 heavy (non-hydrogen) atoms. The van der Waals surface area contributed by atoms with Crippen LogP contribution < -0.4 is 5.32 Å². The maximum atomic E-state index is 12.9. The highest BCUT2D eigenvalue weighted by atomic mass is 19.1. The minimum atomic E-state index is -0.990. The van der Waals surface area contributed by atoms with Gasteiger partial charge in [-0.05, 0) is 18.2 Å². The number of benzene rings is 1. The van der Waals surface area contributed by atoms with E-state index < -0.39 is 5.97 Å². The van der Waals surface area contributed by atoms with Gasteiger partial charge in [0.1, 0.15) is 12.1 Å². The number of carbonyl (C=O) groups is 1. The van der Waals surface area contributed by atoms with Gasteiger partial charge in [0.2, 0.25) is 0 Å². The van der Waals surface area contributed by atoms with E-state index in [4.69, 9.17) is 9.52 Å². The molecule has 0 amide bonds. The highest BCUT2D eigenvalue weighted by Crippen LogP contribution is 2.16. The third-order valence-corrected chi connectivity index (χ3v) is 1.96. The number of carboxylic acids is 1. The average Bonchev–Trinajstić information content (AvgIpc) is 2.64. The van der Waals surface area contributed by atoms with Crippen LogP contribution in [0.3, 0.4) is 0 Å². The summed E-state index contributed by atoms with van der Waals surface area (Å²) in [5.41, 5.74) is 0.783. The highest BCUT2D eigenvalue weighted by molar-refractivity contribution is 5.69. The van der Waals surface area contributed by atoms with Crippen LogP contribution in [0.1, 0.15) is 5.69 Å². The van der Waals surface area contributed by atoms with Crippen LogP contribution in [0.4, 0.5) is 16.1 Å². The second-order valence-electron chi connectivity index (χ2n) is 3.35. The Morgan fingerprint density at radius 2 is 2.35 bits per heavy atom. The molecule has 0 atom stereocenters. The molecule has 2 N–H and O–H groups in total. The quantitative estimate of drug-likeness (QED) is 0.850. The molecule has 0 fully saturated rings. The summed E-state index contributed by atoms with van der Waals surface area (Å²) < 4.78 is 17.9. The Labute approximate surface area is 95.9 Å². The Bertz CT molecular complexity index is 539. The fourth-order valence-corrected chi connectivity index (χ4v) is 1.29. The molecule has 2 rings (SSSR count). The Hall–Kier alpha value is -2.37. The molecule has 0 spiro atoms. The molecule has 6 heteroatoms. The third kappa shape index (κ3) is 3.04. The third-order valence-electron chi connectivity index (χ3n) is 1.96. The molecule has 2 aromatic rings. The van der Waals surface area contributed by atoms with E-state index in [0.29, 0.717) is 11.4 Å². The Morgan fingerprint density at radius 1 is 1.53 bits per heavy atom. The summed E-state index contributed by atoms with van der Waals surface area (Å²) in [7, 11) is 0. The average molecular weight is 236 g/mol. The maximum Gasteiger partial charge on any atom is 0.309 e. The lowest BCUT2D eigenvalue weighted by atomic mass is 10.3. The standard InChI is InChI=1S/C11H9FN2O3/c12-7-2-1-3-8(4-7)13-11-14-9(6-17-11)5-10(15)16/h1-4,6H,5H2,(H,13,14)(H,15,16). The first kappa shape index (κ1) is 11.1. The van der Waals surface area contributed by atoms with Gasteiger partial charge in [0.15, 0.2) is 0 Å². The SMILES string of the molecule is O=C(O)Cc1coc(Nc2cccc(F)c2)n1. The van der Waals surface area contributed by atoms with Crippen molar-refractivity contribution in [3.05, 3.63) is 42.0 Å². The van der Waals surface area contributed by atoms with E-state index in [0.717, 1.165) is 0 Å². The molecule has 0 aliphatic heterocycles. The van der Waals surface area contributed by atoms with Gasteiger partial charge < -0.3 is 14.8 Å². The molecular weight excluding hydrogens is 227 g/mol. The van der Waals surface area contributed by atoms with Crippen molar-refractivity contribution in [3.63, 3.8) is 0 Å². The van der Waals surface area contributed by atoms with Gasteiger partial charge in [0.05, 0.1) is 12.1 Å². The lowest BCUT2D eigenvalue weighted by molar-refractivity contribution is -0.136. The number of carboxylic acid groups (broad SMARTS) is 1. The van der Waals surface area contributed by atoms with E-state index in [1.54, 1.807) is 12.1 Å². The molecule has 0 radical (unpaired) electrons. The van der Waals surface area contributed by atoms with Gasteiger partial charge in [0, 0.05) is 5.69 Å². The van der Waals surface area contributed by atoms with Crippen molar-refractivity contribution in [2.45, 2.75) is 6.42 Å². The summed E-state index contributed by atoms with van der Waals surface area (Å²) in [6.45, 7) is 0. The summed E-state index contributed by atoms with van der Waals surface area (Å²) in [6, 6.07) is 5.91. The van der Waals surface area contributed by atoms with Crippen LogP contribution >= 0.6 is 0 Å². The molecule has 1 aromatic carbocycles. The van der Waals surface area contributed by atoms with Crippen molar-refractivity contribution in [2.24, 2.45) is 0 Å². The van der Waals surface area contributed by atoms with Gasteiger partial charge in [-0.25, -0.2) is 4.39 Å². The number of anilines is 2. The van der Waals surface area contributed by atoms with Gasteiger partial charge in [-0.15, -0.1) is 0 Å². The number of hydrogen-bond donors (Lipinski definition) is 2. The Kier molecular flexibility index (Phi) is 3.04. The summed E-state index contributed by atoms with van der Waals surface area (Å²) in [6.07, 6.45) is 1.03. The minimum absolute atomic E-state index is 0.131. The number of aromatic nitrogens is 1. The molecule has 88 valence electrons. The topological polar surface area (TPSA) is 75.4 Å². The predicted octanol–water partition coefficient (Wildman–Crippen LogP) is 2.18. The summed E-state index contributed by atoms with van der Waals surface area (Å²) in [5.74, 6) is -1.37. The zero-order valence-electron chi connectivity index (χ0n) is 8.68. The van der Waals surface area contributed by atoms with Crippen LogP contribution in [0.15, 0.2) is 34.9 Å². The van der Waals surface area contributed by atoms with Gasteiger partial charge >= 0.3 is 5.97 Å². The Morgan fingerprint density at radius 3 is 3.06 bits per heavy atom. The van der Waals surface area contributed by atoms with E-state index >= 15 is 0 Å². The van der Waals surface area contributed by atoms with Gasteiger partial charge in [-0.3, -0.25) is 4.79 Å². The zero-order chi connectivity index (χ0) is 12.3. The number of nitrogens with one attached hydrogen (secondary N) is 1. The van der Waals surface area contributed by atoms with Crippen molar-refractivity contribution in [3.8, 4) is 0 Å². The molecule has 1 aromatic heterocycles. The van der Waals surface area contributed by atoms with Gasteiger partial charge in [-0.1, -0.05) is 6.07 Å². The molecule has 0 saturated heterocycles. The van der Waals surface area contributed by atoms with Gasteiger partial charge in [-0.2, -0.15) is 4.98 Å². The largest absolute Gasteiger partial charge is 0.481 e. The minimum Gasteiger partial charge on any atom is -0.481 e. The number of hydrogen-bond acceptors (Lipinski definition) is 4. The second-order valence-corrected chi connectivity index (χ2v) is 3.35. The summed E-state index contributed by atoms with van der Waals surface area (Å²) in [5, 5.41) is 11.3. The van der Waals surface area contributed by atoms with Crippen molar-refractivity contribution < 1.29 is 18.7 Å². The first-order valence-electron chi connectivity index (χ1n) is 4.82. The fraction of sp³-hybridized carbons (Fsp3) is 0.0909. The second kappa shape index (κ2) is 4.65. The van der Waals surface area contributed by atoms with Crippen LogP contribution in [0, 0.1) is 5.82 Å². The van der Waals surface area contributed by atoms with Gasteiger partial charge in [0.25, 0.3) is 6.01 Å². The van der Waals surface area contributed by atoms with Crippen LogP contribution in [-0.4, -0.2) is 16.1 Å². The number of oxazole rings is 1. The molecule has 1 heterocycles. The number of rotatable bonds is 4. The van der Waals surface area contributed by atoms with E-state index in [-0.39, 0.29) is 18.3 Å². The van der Waals surface area contributed by atoms with Crippen LogP contribution in [-0.2, 0) is 11.2 Å². The lowest BCUT2D eigenvalue weighted by Gasteiger charge is -2.00. The van der Waals surface area contributed by atoms with E-state index in [2.05, 4.69) is 10.3 Å². The van der Waals surface area contributed by atoms with Crippen LogP contribution in [0.5, 0.6) is 0 Å². The first-order valence-corrected chi connectivity index (χ1v) is 4.82. The number of nitrogens with zero attached hydrogens (tertiary/aromatic N) is 1. The summed E-state index contributed by atoms with van der Waals surface area (Å²) in [4.78, 5) is 14.3. The fourth-order valence-electron chi connectivity index (χ4n) is 1.29. The molecule has 0 bridgehead atoms. The van der Waals surface area contributed by atoms with Crippen LogP contribution in [0.25, 0.3) is 0 Å². The maximum absolute atomic E-state index is 12.9. The number of aliphatic carboxylic acids is 1. The smallest absolute Gasteiger partial charge is 0.309 e. The van der Waals surface area contributed by atoms with Crippen molar-refractivity contribution in [1.82, 2.24) is 4.98 Å². The van der Waals surface area contributed by atoms with Crippen LogP contribution in [0.2, 0.25) is 0 Å². The van der Waals surface area contributed by atoms with E-state index in [9.17, 15) is 9.18 Å². The van der Waals surface area contributed by atoms with E-state index in [1.807, 2.05) is 0 Å². The summed E-state index contributed by atoms with van der Waals surface area (Å²) >= 11 is 0. The lowest BCUT2D eigenvalue weighted by Crippen LogP contribution is -2.00. The molecular formula is C11H9FN2O3. The highest BCUT2D eigenvalue weighted by Gasteiger charge is 2.07. The molecule has 0 aliphatic carbocycles. The predicted molar refractivity (Wildman–Crippen MR) is 57.5 cm³/mol. The van der Waals surface area contributed by atoms with Crippen molar-refractivity contribution >= 4 is 17.7 Å². The normalized spacial score (nSPS) is 10.2. The molecule has 0 saturated carbocycles. The molecule has 0 unspecified atom stereocenters.